The molecular weight excluding hydrogens is 211 g/mol. The molecule has 0 bridgehead atoms. The Morgan fingerprint density at radius 1 is 1.31 bits per heavy atom. The molecule has 1 aromatic carbocycles. The van der Waals surface area contributed by atoms with Crippen LogP contribution >= 0.6 is 23.2 Å². The molecule has 0 saturated carbocycles. The second-order valence-corrected chi connectivity index (χ2v) is 3.00. The van der Waals surface area contributed by atoms with Crippen LogP contribution in [0.5, 0.6) is 0 Å². The van der Waals surface area contributed by atoms with Crippen LogP contribution in [0.25, 0.3) is 0 Å². The molecule has 1 rings (SSSR count). The molecule has 4 heteroatoms. The topological polar surface area (TPSA) is 37.3 Å². The van der Waals surface area contributed by atoms with E-state index in [2.05, 4.69) is 5.92 Å². The highest BCUT2D eigenvalue weighted by Gasteiger charge is 1.96. The maximum absolute atomic E-state index is 10.1. The van der Waals surface area contributed by atoms with Gasteiger partial charge in [0.2, 0.25) is 0 Å². The lowest BCUT2D eigenvalue weighted by atomic mass is 10.2. The van der Waals surface area contributed by atoms with E-state index in [9.17, 15) is 4.79 Å². The summed E-state index contributed by atoms with van der Waals surface area (Å²) in [5, 5.41) is 9.05. The molecular formula is C9H4Cl2O2. The van der Waals surface area contributed by atoms with Crippen LogP contribution in [0.15, 0.2) is 18.2 Å². The molecule has 0 aliphatic carbocycles. The smallest absolute Gasteiger partial charge is 0.382 e. The first kappa shape index (κ1) is 9.91. The summed E-state index contributed by atoms with van der Waals surface area (Å²) in [7, 11) is 0. The van der Waals surface area contributed by atoms with Gasteiger partial charge in [0, 0.05) is 11.5 Å². The van der Waals surface area contributed by atoms with Crippen molar-refractivity contribution in [1.29, 1.82) is 0 Å². The van der Waals surface area contributed by atoms with E-state index in [-0.39, 0.29) is 0 Å². The van der Waals surface area contributed by atoms with Crippen LogP contribution in [-0.2, 0) is 4.79 Å². The lowest BCUT2D eigenvalue weighted by molar-refractivity contribution is -0.130. The van der Waals surface area contributed by atoms with Crippen LogP contribution in [0.2, 0.25) is 10.0 Å². The Kier molecular flexibility index (Phi) is 3.18. The number of hydrogen-bond donors (Lipinski definition) is 1. The van der Waals surface area contributed by atoms with E-state index < -0.39 is 5.97 Å². The van der Waals surface area contributed by atoms with E-state index in [1.165, 1.54) is 6.07 Å². The van der Waals surface area contributed by atoms with Crippen LogP contribution in [0, 0.1) is 11.8 Å². The Bertz CT molecular complexity index is 402. The van der Waals surface area contributed by atoms with Crippen LogP contribution in [-0.4, -0.2) is 11.1 Å². The Hall–Kier alpha value is -1.17. The molecule has 66 valence electrons. The minimum absolute atomic E-state index is 0.360. The van der Waals surface area contributed by atoms with Gasteiger partial charge in [0.05, 0.1) is 10.0 Å². The summed E-state index contributed by atoms with van der Waals surface area (Å²) in [4.78, 5) is 10.1. The molecule has 0 radical (unpaired) electrons. The van der Waals surface area contributed by atoms with Crippen molar-refractivity contribution in [1.82, 2.24) is 0 Å². The van der Waals surface area contributed by atoms with Gasteiger partial charge in [-0.1, -0.05) is 29.1 Å². The maximum Gasteiger partial charge on any atom is 0.382 e. The third-order valence-corrected chi connectivity index (χ3v) is 1.97. The van der Waals surface area contributed by atoms with Crippen LogP contribution in [0.1, 0.15) is 5.56 Å². The van der Waals surface area contributed by atoms with E-state index in [4.69, 9.17) is 28.3 Å². The van der Waals surface area contributed by atoms with Crippen LogP contribution in [0.4, 0.5) is 0 Å². The summed E-state index contributed by atoms with van der Waals surface area (Å²) in [6, 6.07) is 4.68. The molecule has 0 aromatic heterocycles. The highest BCUT2D eigenvalue weighted by atomic mass is 35.5. The predicted octanol–water partition coefficient (Wildman–Crippen LogP) is 2.43. The van der Waals surface area contributed by atoms with Gasteiger partial charge in [0.25, 0.3) is 0 Å². The van der Waals surface area contributed by atoms with Crippen molar-refractivity contribution in [3.8, 4) is 11.8 Å². The normalized spacial score (nSPS) is 8.77. The van der Waals surface area contributed by atoms with Crippen molar-refractivity contribution in [2.75, 3.05) is 0 Å². The Morgan fingerprint density at radius 3 is 2.54 bits per heavy atom. The number of carboxylic acids is 1. The lowest BCUT2D eigenvalue weighted by Crippen LogP contribution is -1.87. The second-order valence-electron chi connectivity index (χ2n) is 2.18. The third kappa shape index (κ3) is 2.98. The number of rotatable bonds is 0. The Morgan fingerprint density at radius 2 is 2.00 bits per heavy atom. The number of aliphatic carboxylic acids is 1. The molecule has 2 nitrogen and oxygen atoms in total. The monoisotopic (exact) mass is 214 g/mol. The van der Waals surface area contributed by atoms with Crippen molar-refractivity contribution in [3.05, 3.63) is 33.8 Å². The molecule has 0 saturated heterocycles. The highest BCUT2D eigenvalue weighted by Crippen LogP contribution is 2.21. The summed E-state index contributed by atoms with van der Waals surface area (Å²) in [6.45, 7) is 0. The van der Waals surface area contributed by atoms with Gasteiger partial charge >= 0.3 is 5.97 Å². The molecule has 0 heterocycles. The number of carboxylic acid groups (broad SMARTS) is 1. The molecule has 1 N–H and O–H groups in total. The first-order chi connectivity index (χ1) is 6.09. The van der Waals surface area contributed by atoms with E-state index in [1.54, 1.807) is 12.1 Å². The van der Waals surface area contributed by atoms with Crippen molar-refractivity contribution in [2.24, 2.45) is 0 Å². The first-order valence-electron chi connectivity index (χ1n) is 3.29. The maximum atomic E-state index is 10.1. The number of benzene rings is 1. The predicted molar refractivity (Wildman–Crippen MR) is 51.0 cm³/mol. The van der Waals surface area contributed by atoms with Crippen molar-refractivity contribution < 1.29 is 9.90 Å². The summed E-state index contributed by atoms with van der Waals surface area (Å²) in [5.74, 6) is 3.22. The standard InChI is InChI=1S/C9H4Cl2O2/c10-7-3-1-6(5-8(7)11)2-4-9(12)13/h1,3,5H,(H,12,13). The SMILES string of the molecule is O=C(O)C#Cc1ccc(Cl)c(Cl)c1. The van der Waals surface area contributed by atoms with Crippen LogP contribution < -0.4 is 0 Å². The molecule has 1 aromatic rings. The van der Waals surface area contributed by atoms with Gasteiger partial charge in [0.15, 0.2) is 0 Å². The average molecular weight is 215 g/mol. The zero-order chi connectivity index (χ0) is 9.84. The Balaban J connectivity index is 3.00. The van der Waals surface area contributed by atoms with Gasteiger partial charge in [0.1, 0.15) is 0 Å². The van der Waals surface area contributed by atoms with Gasteiger partial charge in [-0.15, -0.1) is 0 Å². The summed E-state index contributed by atoms with van der Waals surface area (Å²) < 4.78 is 0. The van der Waals surface area contributed by atoms with Gasteiger partial charge in [-0.2, -0.15) is 0 Å². The summed E-state index contributed by atoms with van der Waals surface area (Å²) in [6.07, 6.45) is 0. The first-order valence-corrected chi connectivity index (χ1v) is 4.05. The van der Waals surface area contributed by atoms with E-state index >= 15 is 0 Å². The summed E-state index contributed by atoms with van der Waals surface area (Å²) in [5.41, 5.74) is 0.525. The quantitative estimate of drug-likeness (QED) is 0.674. The van der Waals surface area contributed by atoms with Gasteiger partial charge in [-0.3, -0.25) is 0 Å². The van der Waals surface area contributed by atoms with E-state index in [1.807, 2.05) is 5.92 Å². The Labute approximate surface area is 85.1 Å². The van der Waals surface area contributed by atoms with E-state index in [0.717, 1.165) is 0 Å². The third-order valence-electron chi connectivity index (χ3n) is 1.23. The number of hydrogen-bond acceptors (Lipinski definition) is 1. The molecule has 0 aliphatic rings. The highest BCUT2D eigenvalue weighted by molar-refractivity contribution is 6.42. The van der Waals surface area contributed by atoms with E-state index in [0.29, 0.717) is 15.6 Å². The molecule has 0 atom stereocenters. The second kappa shape index (κ2) is 4.18. The van der Waals surface area contributed by atoms with Gasteiger partial charge < -0.3 is 5.11 Å². The molecule has 0 aliphatic heterocycles. The number of carbonyl (C=O) groups is 1. The van der Waals surface area contributed by atoms with Gasteiger partial charge in [-0.25, -0.2) is 4.79 Å². The van der Waals surface area contributed by atoms with Gasteiger partial charge in [-0.05, 0) is 18.2 Å². The molecule has 13 heavy (non-hydrogen) atoms. The van der Waals surface area contributed by atoms with Crippen molar-refractivity contribution in [3.63, 3.8) is 0 Å². The van der Waals surface area contributed by atoms with Crippen molar-refractivity contribution in [2.45, 2.75) is 0 Å². The average Bonchev–Trinajstić information content (AvgIpc) is 2.07. The molecule has 0 spiro atoms. The fourth-order valence-corrected chi connectivity index (χ4v) is 0.998. The molecule has 0 fully saturated rings. The zero-order valence-electron chi connectivity index (χ0n) is 6.34. The fraction of sp³-hybridized carbons (Fsp3) is 0. The number of halogens is 2. The largest absolute Gasteiger partial charge is 0.472 e. The fourth-order valence-electron chi connectivity index (χ4n) is 0.700. The minimum atomic E-state index is -1.17. The van der Waals surface area contributed by atoms with Crippen molar-refractivity contribution >= 4 is 29.2 Å². The molecule has 0 unspecified atom stereocenters. The summed E-state index contributed by atoms with van der Waals surface area (Å²) >= 11 is 11.3. The van der Waals surface area contributed by atoms with Crippen LogP contribution in [0.3, 0.4) is 0 Å². The zero-order valence-corrected chi connectivity index (χ0v) is 7.86. The minimum Gasteiger partial charge on any atom is -0.472 e. The lowest BCUT2D eigenvalue weighted by Gasteiger charge is -1.94. The molecule has 0 amide bonds.